The van der Waals surface area contributed by atoms with E-state index in [0.717, 1.165) is 10.9 Å². The van der Waals surface area contributed by atoms with E-state index in [9.17, 15) is 14.4 Å². The number of carbonyl (C=O) groups excluding carboxylic acids is 1. The summed E-state index contributed by atoms with van der Waals surface area (Å²) >= 11 is 6.46. The fourth-order valence-corrected chi connectivity index (χ4v) is 4.51. The van der Waals surface area contributed by atoms with Crippen molar-refractivity contribution in [3.63, 3.8) is 0 Å². The van der Waals surface area contributed by atoms with Crippen molar-refractivity contribution in [2.24, 2.45) is 5.73 Å². The zero-order valence-corrected chi connectivity index (χ0v) is 23.6. The fraction of sp³-hybridized carbons (Fsp3) is 0.194. The van der Waals surface area contributed by atoms with Gasteiger partial charge in [-0.25, -0.2) is 9.37 Å². The quantitative estimate of drug-likeness (QED) is 0.203. The molecule has 8 nitrogen and oxygen atoms in total. The van der Waals surface area contributed by atoms with E-state index in [4.69, 9.17) is 31.8 Å². The predicted octanol–water partition coefficient (Wildman–Crippen LogP) is 6.26. The fourth-order valence-electron chi connectivity index (χ4n) is 4.27. The second-order valence-corrected chi connectivity index (χ2v) is 9.78. The molecule has 0 aliphatic heterocycles. The van der Waals surface area contributed by atoms with Crippen LogP contribution in [0, 0.1) is 17.1 Å². The molecule has 1 aromatic heterocycles. The summed E-state index contributed by atoms with van der Waals surface area (Å²) < 4.78 is 25.1. The van der Waals surface area contributed by atoms with E-state index >= 15 is 0 Å². The molecule has 10 heteroatoms. The maximum absolute atomic E-state index is 13.5. The largest absolute Gasteiger partial charge is 0.493 e. The average Bonchev–Trinajstić information content (AvgIpc) is 2.92. The first-order valence-corrected chi connectivity index (χ1v) is 13.2. The Morgan fingerprint density at radius 3 is 2.63 bits per heavy atom. The second-order valence-electron chi connectivity index (χ2n) is 9.37. The molecule has 3 aromatic carbocycles. The van der Waals surface area contributed by atoms with Crippen molar-refractivity contribution in [2.75, 3.05) is 26.0 Å². The number of nitrogens with one attached hydrogen (secondary N) is 1. The minimum atomic E-state index is -0.550. The molecule has 1 atom stereocenters. The molecule has 41 heavy (non-hydrogen) atoms. The van der Waals surface area contributed by atoms with Gasteiger partial charge in [0.25, 0.3) is 0 Å². The third-order valence-corrected chi connectivity index (χ3v) is 6.46. The van der Waals surface area contributed by atoms with E-state index in [1.807, 2.05) is 38.1 Å². The number of fused-ring (bicyclic) bond motifs is 1. The molecule has 210 valence electrons. The van der Waals surface area contributed by atoms with Gasteiger partial charge >= 0.3 is 0 Å². The summed E-state index contributed by atoms with van der Waals surface area (Å²) in [6, 6.07) is 18.6. The topological polar surface area (TPSA) is 113 Å². The first-order chi connectivity index (χ1) is 19.7. The van der Waals surface area contributed by atoms with Gasteiger partial charge < -0.3 is 20.5 Å². The van der Waals surface area contributed by atoms with Crippen LogP contribution in [-0.4, -0.2) is 36.5 Å². The molecule has 1 heterocycles. The van der Waals surface area contributed by atoms with Crippen molar-refractivity contribution in [1.82, 2.24) is 9.88 Å². The maximum atomic E-state index is 13.5. The van der Waals surface area contributed by atoms with Gasteiger partial charge in [0.1, 0.15) is 35.8 Å². The molecule has 4 rings (SSSR count). The van der Waals surface area contributed by atoms with Crippen molar-refractivity contribution in [1.29, 1.82) is 5.26 Å². The van der Waals surface area contributed by atoms with E-state index in [-0.39, 0.29) is 18.5 Å². The molecule has 0 saturated carbocycles. The van der Waals surface area contributed by atoms with Crippen LogP contribution in [0.1, 0.15) is 29.7 Å². The van der Waals surface area contributed by atoms with Crippen LogP contribution >= 0.6 is 11.6 Å². The number of anilines is 2. The highest BCUT2D eigenvalue weighted by molar-refractivity contribution is 6.32. The number of hydrogen-bond acceptors (Lipinski definition) is 7. The minimum absolute atomic E-state index is 0.159. The Kier molecular flexibility index (Phi) is 9.40. The molecule has 0 aliphatic carbocycles. The number of nitriles is 1. The Morgan fingerprint density at radius 1 is 1.17 bits per heavy atom. The molecule has 0 saturated heterocycles. The summed E-state index contributed by atoms with van der Waals surface area (Å²) in [4.78, 5) is 18.0. The van der Waals surface area contributed by atoms with Crippen molar-refractivity contribution in [2.45, 2.75) is 19.6 Å². The Labute approximate surface area is 242 Å². The van der Waals surface area contributed by atoms with Crippen molar-refractivity contribution < 1.29 is 18.7 Å². The Balaban J connectivity index is 1.64. The number of halogens is 2. The number of amides is 1. The lowest BCUT2D eigenvalue weighted by atomic mass is 10.00. The number of carbonyl (C=O) groups is 1. The summed E-state index contributed by atoms with van der Waals surface area (Å²) in [6.07, 6.45) is 3.02. The number of likely N-dealkylation sites (N-methyl/N-ethyl adjacent to an activating group) is 1. The standard InChI is InChI=1S/C31H29ClFN5O3/c1-4-40-29-16-26-20(14-24(29)27(38(2)3)9-11-30(35)39)13-21(17-34)31(37-26)36-23-8-10-28(25(32)15-23)41-18-19-6-5-7-22(33)12-19/h5-16,27H,4,18H2,1-3H3,(H2,35,39)(H,36,37). The third kappa shape index (κ3) is 7.31. The number of aromatic nitrogens is 1. The number of primary amides is 1. The van der Waals surface area contributed by atoms with Crippen LogP contribution in [0.15, 0.2) is 72.8 Å². The summed E-state index contributed by atoms with van der Waals surface area (Å²) in [5.41, 5.74) is 8.34. The smallest absolute Gasteiger partial charge is 0.241 e. The van der Waals surface area contributed by atoms with Gasteiger partial charge in [-0.1, -0.05) is 29.8 Å². The monoisotopic (exact) mass is 573 g/mol. The van der Waals surface area contributed by atoms with E-state index in [1.54, 1.807) is 42.5 Å². The van der Waals surface area contributed by atoms with Crippen molar-refractivity contribution in [3.05, 3.63) is 100 Å². The van der Waals surface area contributed by atoms with Crippen LogP contribution in [0.4, 0.5) is 15.9 Å². The van der Waals surface area contributed by atoms with Crippen LogP contribution in [0.25, 0.3) is 10.9 Å². The summed E-state index contributed by atoms with van der Waals surface area (Å²) in [5, 5.41) is 14.1. The van der Waals surface area contributed by atoms with Gasteiger partial charge in [0.2, 0.25) is 5.91 Å². The van der Waals surface area contributed by atoms with Crippen LogP contribution in [0.5, 0.6) is 11.5 Å². The highest BCUT2D eigenvalue weighted by atomic mass is 35.5. The number of hydrogen-bond donors (Lipinski definition) is 2. The van der Waals surface area contributed by atoms with Crippen LogP contribution in [0.3, 0.4) is 0 Å². The van der Waals surface area contributed by atoms with Gasteiger partial charge in [0, 0.05) is 28.8 Å². The van der Waals surface area contributed by atoms with Gasteiger partial charge in [-0.05, 0) is 69.0 Å². The molecule has 1 unspecified atom stereocenters. The highest BCUT2D eigenvalue weighted by Gasteiger charge is 2.19. The van der Waals surface area contributed by atoms with Gasteiger partial charge in [0.05, 0.1) is 28.8 Å². The van der Waals surface area contributed by atoms with E-state index in [0.29, 0.717) is 51.3 Å². The van der Waals surface area contributed by atoms with Crippen molar-refractivity contribution >= 4 is 39.9 Å². The van der Waals surface area contributed by atoms with Gasteiger partial charge in [-0.2, -0.15) is 5.26 Å². The zero-order valence-electron chi connectivity index (χ0n) is 22.8. The SMILES string of the molecule is CCOc1cc2nc(Nc3ccc(OCc4cccc(F)c4)c(Cl)c3)c(C#N)cc2cc1C(C=CC(N)=O)N(C)C. The normalized spacial score (nSPS) is 11.9. The molecular formula is C31H29ClFN5O3. The van der Waals surface area contributed by atoms with Gasteiger partial charge in [-0.15, -0.1) is 0 Å². The molecule has 0 aliphatic rings. The number of benzene rings is 3. The molecule has 3 N–H and O–H groups in total. The molecule has 1 amide bonds. The zero-order chi connectivity index (χ0) is 29.5. The van der Waals surface area contributed by atoms with Crippen LogP contribution < -0.4 is 20.5 Å². The molecule has 0 radical (unpaired) electrons. The predicted molar refractivity (Wildman–Crippen MR) is 158 cm³/mol. The van der Waals surface area contributed by atoms with Gasteiger partial charge in [-0.3, -0.25) is 9.69 Å². The van der Waals surface area contributed by atoms with E-state index in [2.05, 4.69) is 11.4 Å². The van der Waals surface area contributed by atoms with Crippen LogP contribution in [0.2, 0.25) is 5.02 Å². The molecule has 4 aromatic rings. The number of nitrogens with two attached hydrogens (primary N) is 1. The minimum Gasteiger partial charge on any atom is -0.493 e. The number of ether oxygens (including phenoxy) is 2. The Morgan fingerprint density at radius 2 is 1.98 bits per heavy atom. The summed E-state index contributed by atoms with van der Waals surface area (Å²) in [5.74, 6) is 0.487. The number of nitrogens with zero attached hydrogens (tertiary/aromatic N) is 3. The Bertz CT molecular complexity index is 1650. The third-order valence-electron chi connectivity index (χ3n) is 6.16. The van der Waals surface area contributed by atoms with Crippen LogP contribution in [-0.2, 0) is 11.4 Å². The lowest BCUT2D eigenvalue weighted by Crippen LogP contribution is -2.20. The first-order valence-electron chi connectivity index (χ1n) is 12.8. The lowest BCUT2D eigenvalue weighted by molar-refractivity contribution is -0.113. The van der Waals surface area contributed by atoms with E-state index in [1.165, 1.54) is 18.2 Å². The highest BCUT2D eigenvalue weighted by Crippen LogP contribution is 2.36. The first kappa shape index (κ1) is 29.3. The average molecular weight is 574 g/mol. The maximum Gasteiger partial charge on any atom is 0.241 e. The summed E-state index contributed by atoms with van der Waals surface area (Å²) in [7, 11) is 3.76. The Hall–Kier alpha value is -4.65. The van der Waals surface area contributed by atoms with E-state index < -0.39 is 5.91 Å². The molecule has 0 fully saturated rings. The number of pyridine rings is 1. The second kappa shape index (κ2) is 13.1. The summed E-state index contributed by atoms with van der Waals surface area (Å²) in [6.45, 7) is 2.46. The lowest BCUT2D eigenvalue weighted by Gasteiger charge is -2.24. The molecule has 0 spiro atoms. The number of rotatable bonds is 11. The molecular weight excluding hydrogens is 545 g/mol. The van der Waals surface area contributed by atoms with Gasteiger partial charge in [0.15, 0.2) is 0 Å². The molecule has 0 bridgehead atoms. The van der Waals surface area contributed by atoms with Crippen molar-refractivity contribution in [3.8, 4) is 17.6 Å².